The molecule has 0 radical (unpaired) electrons. The molecule has 4 nitrogen and oxygen atoms in total. The molecule has 1 aromatic carbocycles. The van der Waals surface area contributed by atoms with E-state index in [4.69, 9.17) is 10.3 Å². The molecule has 3 rings (SSSR count). The van der Waals surface area contributed by atoms with Crippen molar-refractivity contribution < 1.29 is 4.42 Å². The molecule has 19 heavy (non-hydrogen) atoms. The number of pyridine rings is 1. The minimum atomic E-state index is -0.127. The number of furan rings is 1. The zero-order valence-electron chi connectivity index (χ0n) is 10.6. The Balaban J connectivity index is 2.20. The normalized spacial score (nSPS) is 12.7. The molecule has 0 saturated carbocycles. The van der Waals surface area contributed by atoms with Crippen LogP contribution in [0, 0.1) is 6.92 Å². The van der Waals surface area contributed by atoms with Gasteiger partial charge in [-0.2, -0.15) is 0 Å². The second kappa shape index (κ2) is 4.84. The molecule has 0 fully saturated rings. The third-order valence-corrected chi connectivity index (χ3v) is 3.35. The minimum absolute atomic E-state index is 0.127. The second-order valence-electron chi connectivity index (χ2n) is 4.45. The lowest BCUT2D eigenvalue weighted by Gasteiger charge is -2.17. The van der Waals surface area contributed by atoms with E-state index < -0.39 is 0 Å². The van der Waals surface area contributed by atoms with E-state index in [-0.39, 0.29) is 6.04 Å². The van der Waals surface area contributed by atoms with Gasteiger partial charge in [0.2, 0.25) is 0 Å². The molecule has 4 heteroatoms. The summed E-state index contributed by atoms with van der Waals surface area (Å²) in [7, 11) is 0. The van der Waals surface area contributed by atoms with Gasteiger partial charge < -0.3 is 4.42 Å². The molecule has 2 heterocycles. The van der Waals surface area contributed by atoms with E-state index in [0.717, 1.165) is 27.8 Å². The van der Waals surface area contributed by atoms with E-state index in [1.165, 1.54) is 0 Å². The van der Waals surface area contributed by atoms with E-state index in [9.17, 15) is 0 Å². The van der Waals surface area contributed by atoms with Gasteiger partial charge in [0.25, 0.3) is 0 Å². The number of aromatic nitrogens is 1. The minimum Gasteiger partial charge on any atom is -0.469 e. The Morgan fingerprint density at radius 1 is 1.16 bits per heavy atom. The standard InChI is InChI=1S/C15H15N3O/c1-10-12(7-9-19-10)15(18-16)13-6-2-4-11-5-3-8-17-14(11)13/h2-9,15,18H,16H2,1H3. The number of fused-ring (bicyclic) bond motifs is 1. The van der Waals surface area contributed by atoms with Gasteiger partial charge in [0.1, 0.15) is 5.76 Å². The molecule has 0 aliphatic heterocycles. The number of rotatable bonds is 3. The maximum Gasteiger partial charge on any atom is 0.105 e. The highest BCUT2D eigenvalue weighted by Gasteiger charge is 2.19. The first-order valence-corrected chi connectivity index (χ1v) is 6.15. The van der Waals surface area contributed by atoms with Crippen molar-refractivity contribution in [3.8, 4) is 0 Å². The van der Waals surface area contributed by atoms with E-state index in [0.29, 0.717) is 0 Å². The lowest BCUT2D eigenvalue weighted by atomic mass is 9.97. The number of hydrogen-bond acceptors (Lipinski definition) is 4. The number of benzene rings is 1. The molecule has 0 bridgehead atoms. The lowest BCUT2D eigenvalue weighted by Crippen LogP contribution is -2.29. The van der Waals surface area contributed by atoms with Gasteiger partial charge in [-0.05, 0) is 19.1 Å². The second-order valence-corrected chi connectivity index (χ2v) is 4.45. The zero-order valence-corrected chi connectivity index (χ0v) is 10.6. The Morgan fingerprint density at radius 2 is 2.00 bits per heavy atom. The molecule has 1 unspecified atom stereocenters. The number of hydrazine groups is 1. The van der Waals surface area contributed by atoms with Crippen molar-refractivity contribution in [3.05, 3.63) is 65.7 Å². The summed E-state index contributed by atoms with van der Waals surface area (Å²) in [6, 6.07) is 11.9. The van der Waals surface area contributed by atoms with Crippen molar-refractivity contribution in [2.75, 3.05) is 0 Å². The highest BCUT2D eigenvalue weighted by Crippen LogP contribution is 2.29. The summed E-state index contributed by atoms with van der Waals surface area (Å²) >= 11 is 0. The van der Waals surface area contributed by atoms with Crippen LogP contribution in [0.2, 0.25) is 0 Å². The van der Waals surface area contributed by atoms with Crippen molar-refractivity contribution in [3.63, 3.8) is 0 Å². The van der Waals surface area contributed by atoms with Gasteiger partial charge in [0.15, 0.2) is 0 Å². The molecule has 3 N–H and O–H groups in total. The van der Waals surface area contributed by atoms with Gasteiger partial charge in [-0.15, -0.1) is 0 Å². The molecule has 0 aliphatic carbocycles. The highest BCUT2D eigenvalue weighted by molar-refractivity contribution is 5.82. The van der Waals surface area contributed by atoms with Crippen LogP contribution in [0.3, 0.4) is 0 Å². The number of para-hydroxylation sites is 1. The molecule has 0 amide bonds. The molecule has 96 valence electrons. The summed E-state index contributed by atoms with van der Waals surface area (Å²) in [5.41, 5.74) is 5.88. The summed E-state index contributed by atoms with van der Waals surface area (Å²) < 4.78 is 5.36. The first-order valence-electron chi connectivity index (χ1n) is 6.15. The molecule has 0 saturated heterocycles. The van der Waals surface area contributed by atoms with Gasteiger partial charge in [0.05, 0.1) is 17.8 Å². The predicted molar refractivity (Wildman–Crippen MR) is 74.4 cm³/mol. The quantitative estimate of drug-likeness (QED) is 0.556. The van der Waals surface area contributed by atoms with Crippen molar-refractivity contribution in [1.29, 1.82) is 0 Å². The molecule has 0 aliphatic rings. The number of nitrogens with one attached hydrogen (secondary N) is 1. The third kappa shape index (κ3) is 2.01. The van der Waals surface area contributed by atoms with Gasteiger partial charge in [0, 0.05) is 22.7 Å². The van der Waals surface area contributed by atoms with Gasteiger partial charge >= 0.3 is 0 Å². The Hall–Kier alpha value is -2.17. The van der Waals surface area contributed by atoms with Crippen molar-refractivity contribution >= 4 is 10.9 Å². The number of aryl methyl sites for hydroxylation is 1. The van der Waals surface area contributed by atoms with Gasteiger partial charge in [-0.3, -0.25) is 10.8 Å². The molecule has 0 spiro atoms. The van der Waals surface area contributed by atoms with Crippen molar-refractivity contribution in [1.82, 2.24) is 10.4 Å². The van der Waals surface area contributed by atoms with E-state index in [1.807, 2.05) is 43.3 Å². The molecule has 2 aromatic heterocycles. The average molecular weight is 253 g/mol. The van der Waals surface area contributed by atoms with Crippen LogP contribution in [0.4, 0.5) is 0 Å². The summed E-state index contributed by atoms with van der Waals surface area (Å²) in [4.78, 5) is 4.46. The average Bonchev–Trinajstić information content (AvgIpc) is 2.86. The molecular weight excluding hydrogens is 238 g/mol. The van der Waals surface area contributed by atoms with Crippen LogP contribution < -0.4 is 11.3 Å². The maximum atomic E-state index is 5.74. The van der Waals surface area contributed by atoms with Crippen LogP contribution in [-0.2, 0) is 0 Å². The summed E-state index contributed by atoms with van der Waals surface area (Å²) in [6.45, 7) is 1.93. The van der Waals surface area contributed by atoms with Crippen LogP contribution in [0.1, 0.15) is 22.9 Å². The third-order valence-electron chi connectivity index (χ3n) is 3.35. The van der Waals surface area contributed by atoms with Crippen molar-refractivity contribution in [2.45, 2.75) is 13.0 Å². The summed E-state index contributed by atoms with van der Waals surface area (Å²) in [5.74, 6) is 6.59. The zero-order chi connectivity index (χ0) is 13.2. The van der Waals surface area contributed by atoms with Gasteiger partial charge in [-0.25, -0.2) is 5.43 Å². The fourth-order valence-electron chi connectivity index (χ4n) is 2.40. The Kier molecular flexibility index (Phi) is 3.03. The predicted octanol–water partition coefficient (Wildman–Crippen LogP) is 2.69. The van der Waals surface area contributed by atoms with Crippen LogP contribution in [-0.4, -0.2) is 4.98 Å². The summed E-state index contributed by atoms with van der Waals surface area (Å²) in [6.07, 6.45) is 3.47. The Morgan fingerprint density at radius 3 is 2.74 bits per heavy atom. The topological polar surface area (TPSA) is 64.1 Å². The van der Waals surface area contributed by atoms with Crippen LogP contribution in [0.5, 0.6) is 0 Å². The molecular formula is C15H15N3O. The number of nitrogens with two attached hydrogens (primary N) is 1. The fourth-order valence-corrected chi connectivity index (χ4v) is 2.40. The maximum absolute atomic E-state index is 5.74. The number of hydrogen-bond donors (Lipinski definition) is 2. The Labute approximate surface area is 111 Å². The fraction of sp³-hybridized carbons (Fsp3) is 0.133. The van der Waals surface area contributed by atoms with Gasteiger partial charge in [-0.1, -0.05) is 24.3 Å². The highest BCUT2D eigenvalue weighted by atomic mass is 16.3. The molecule has 3 aromatic rings. The number of nitrogens with zero attached hydrogens (tertiary/aromatic N) is 1. The van der Waals surface area contributed by atoms with Crippen LogP contribution in [0.25, 0.3) is 10.9 Å². The van der Waals surface area contributed by atoms with E-state index >= 15 is 0 Å². The first-order chi connectivity index (χ1) is 9.31. The Bertz CT molecular complexity index is 700. The molecule has 1 atom stereocenters. The van der Waals surface area contributed by atoms with Crippen LogP contribution in [0.15, 0.2) is 53.3 Å². The summed E-state index contributed by atoms with van der Waals surface area (Å²) in [5, 5.41) is 1.10. The smallest absolute Gasteiger partial charge is 0.105 e. The van der Waals surface area contributed by atoms with Crippen LogP contribution >= 0.6 is 0 Å². The first kappa shape index (κ1) is 11.9. The lowest BCUT2D eigenvalue weighted by molar-refractivity contribution is 0.520. The largest absolute Gasteiger partial charge is 0.469 e. The van der Waals surface area contributed by atoms with E-state index in [2.05, 4.69) is 10.4 Å². The van der Waals surface area contributed by atoms with E-state index in [1.54, 1.807) is 12.5 Å². The SMILES string of the molecule is Cc1occc1C(NN)c1cccc2cccnc12. The van der Waals surface area contributed by atoms with Crippen molar-refractivity contribution in [2.24, 2.45) is 5.84 Å². The monoisotopic (exact) mass is 253 g/mol.